The Kier molecular flexibility index (Phi) is 4.53. The van der Waals surface area contributed by atoms with Crippen molar-refractivity contribution in [2.24, 2.45) is 5.92 Å². The number of aromatic nitrogens is 2. The van der Waals surface area contributed by atoms with Gasteiger partial charge in [0.1, 0.15) is 0 Å². The van der Waals surface area contributed by atoms with Gasteiger partial charge in [0, 0.05) is 51.1 Å². The first-order valence-corrected chi connectivity index (χ1v) is 7.60. The van der Waals surface area contributed by atoms with E-state index >= 15 is 0 Å². The second-order valence-electron chi connectivity index (χ2n) is 5.73. The Morgan fingerprint density at radius 3 is 3.05 bits per heavy atom. The van der Waals surface area contributed by atoms with E-state index in [-0.39, 0.29) is 5.91 Å². The molecular weight excluding hydrogens is 278 g/mol. The predicted octanol–water partition coefficient (Wildman–Crippen LogP) is 2.19. The highest BCUT2D eigenvalue weighted by molar-refractivity contribution is 5.93. The van der Waals surface area contributed by atoms with Gasteiger partial charge >= 0.3 is 0 Å². The Hall–Kier alpha value is -2.14. The van der Waals surface area contributed by atoms with Gasteiger partial charge in [-0.3, -0.25) is 9.78 Å². The molecule has 0 aliphatic carbocycles. The lowest BCUT2D eigenvalue weighted by Crippen LogP contribution is -2.34. The van der Waals surface area contributed by atoms with Crippen molar-refractivity contribution in [3.8, 4) is 0 Å². The van der Waals surface area contributed by atoms with Crippen molar-refractivity contribution in [2.45, 2.75) is 19.5 Å². The van der Waals surface area contributed by atoms with E-state index in [9.17, 15) is 4.79 Å². The lowest BCUT2D eigenvalue weighted by molar-refractivity contribution is 0.0705. The van der Waals surface area contributed by atoms with Crippen molar-refractivity contribution in [3.05, 3.63) is 54.1 Å². The minimum absolute atomic E-state index is 0.0465. The van der Waals surface area contributed by atoms with Crippen LogP contribution in [0.4, 0.5) is 0 Å². The van der Waals surface area contributed by atoms with Gasteiger partial charge in [-0.05, 0) is 36.6 Å². The smallest absolute Gasteiger partial charge is 0.255 e. The lowest BCUT2D eigenvalue weighted by Gasteiger charge is -2.24. The molecule has 1 aliphatic heterocycles. The molecule has 5 nitrogen and oxygen atoms in total. The first-order valence-electron chi connectivity index (χ1n) is 7.60. The van der Waals surface area contributed by atoms with E-state index < -0.39 is 0 Å². The maximum absolute atomic E-state index is 12.7. The van der Waals surface area contributed by atoms with Gasteiger partial charge in [0.15, 0.2) is 0 Å². The largest absolute Gasteiger partial charge is 0.385 e. The van der Waals surface area contributed by atoms with Gasteiger partial charge < -0.3 is 14.2 Å². The van der Waals surface area contributed by atoms with Crippen LogP contribution in [0.5, 0.6) is 0 Å². The van der Waals surface area contributed by atoms with Crippen molar-refractivity contribution < 1.29 is 9.53 Å². The van der Waals surface area contributed by atoms with Crippen molar-refractivity contribution in [3.63, 3.8) is 0 Å². The van der Waals surface area contributed by atoms with Crippen LogP contribution in [0.3, 0.4) is 0 Å². The van der Waals surface area contributed by atoms with Crippen LogP contribution in [-0.4, -0.2) is 40.6 Å². The van der Waals surface area contributed by atoms with Crippen LogP contribution in [0.2, 0.25) is 0 Å². The SMILES string of the molecule is COCC[C@H]1CN(C(=O)c2cccnc2)Cc2cccn2C1. The molecule has 0 saturated heterocycles. The molecule has 0 N–H and O–H groups in total. The molecule has 2 aromatic heterocycles. The highest BCUT2D eigenvalue weighted by Gasteiger charge is 2.25. The third kappa shape index (κ3) is 3.20. The Bertz CT molecular complexity index is 624. The molecule has 1 amide bonds. The molecule has 116 valence electrons. The van der Waals surface area contributed by atoms with Gasteiger partial charge in [-0.15, -0.1) is 0 Å². The normalized spacial score (nSPS) is 17.9. The van der Waals surface area contributed by atoms with Gasteiger partial charge in [-0.2, -0.15) is 0 Å². The molecule has 3 heterocycles. The van der Waals surface area contributed by atoms with Crippen molar-refractivity contribution in [1.29, 1.82) is 0 Å². The maximum Gasteiger partial charge on any atom is 0.255 e. The summed E-state index contributed by atoms with van der Waals surface area (Å²) in [6, 6.07) is 7.75. The third-order valence-corrected chi connectivity index (χ3v) is 4.14. The van der Waals surface area contributed by atoms with Gasteiger partial charge in [0.2, 0.25) is 0 Å². The number of pyridine rings is 1. The summed E-state index contributed by atoms with van der Waals surface area (Å²) in [6.07, 6.45) is 6.36. The highest BCUT2D eigenvalue weighted by atomic mass is 16.5. The van der Waals surface area contributed by atoms with Crippen LogP contribution in [0.15, 0.2) is 42.9 Å². The summed E-state index contributed by atoms with van der Waals surface area (Å²) in [4.78, 5) is 18.7. The van der Waals surface area contributed by atoms with E-state index in [1.54, 1.807) is 25.6 Å². The number of ether oxygens (including phenoxy) is 1. The number of methoxy groups -OCH3 is 1. The molecule has 1 aliphatic rings. The van der Waals surface area contributed by atoms with Gasteiger partial charge in [-0.25, -0.2) is 0 Å². The van der Waals surface area contributed by atoms with E-state index in [4.69, 9.17) is 4.74 Å². The Balaban J connectivity index is 1.82. The molecule has 0 spiro atoms. The molecule has 3 rings (SSSR count). The predicted molar refractivity (Wildman–Crippen MR) is 83.4 cm³/mol. The molecule has 2 aromatic rings. The molecule has 5 heteroatoms. The monoisotopic (exact) mass is 299 g/mol. The number of amides is 1. The molecule has 0 saturated carbocycles. The average Bonchev–Trinajstić information content (AvgIpc) is 2.91. The zero-order chi connectivity index (χ0) is 15.4. The van der Waals surface area contributed by atoms with Crippen LogP contribution >= 0.6 is 0 Å². The fraction of sp³-hybridized carbons (Fsp3) is 0.412. The van der Waals surface area contributed by atoms with Crippen molar-refractivity contribution >= 4 is 5.91 Å². The van der Waals surface area contributed by atoms with Crippen LogP contribution < -0.4 is 0 Å². The Morgan fingerprint density at radius 1 is 1.36 bits per heavy atom. The second kappa shape index (κ2) is 6.75. The molecule has 0 fully saturated rings. The summed E-state index contributed by atoms with van der Waals surface area (Å²) < 4.78 is 7.46. The standard InChI is InChI=1S/C17H21N3O2/c1-22-9-6-14-11-19-8-3-5-16(19)13-20(12-14)17(21)15-4-2-7-18-10-15/h2-5,7-8,10,14H,6,9,11-13H2,1H3/t14-/m1/s1. The number of hydrogen-bond acceptors (Lipinski definition) is 3. The van der Waals surface area contributed by atoms with Crippen molar-refractivity contribution in [2.75, 3.05) is 20.3 Å². The summed E-state index contributed by atoms with van der Waals surface area (Å²) in [5.74, 6) is 0.444. The molecule has 0 unspecified atom stereocenters. The van der Waals surface area contributed by atoms with E-state index in [0.29, 0.717) is 18.0 Å². The lowest BCUT2D eigenvalue weighted by atomic mass is 10.1. The molecular formula is C17H21N3O2. The summed E-state index contributed by atoms with van der Waals surface area (Å²) in [7, 11) is 1.72. The van der Waals surface area contributed by atoms with E-state index in [1.807, 2.05) is 17.0 Å². The van der Waals surface area contributed by atoms with Gasteiger partial charge in [-0.1, -0.05) is 0 Å². The van der Waals surface area contributed by atoms with E-state index in [2.05, 4.69) is 21.8 Å². The summed E-state index contributed by atoms with van der Waals surface area (Å²) in [5.41, 5.74) is 1.82. The number of rotatable bonds is 4. The number of hydrogen-bond donors (Lipinski definition) is 0. The number of fused-ring (bicyclic) bond motifs is 1. The second-order valence-corrected chi connectivity index (χ2v) is 5.73. The van der Waals surface area contributed by atoms with Crippen LogP contribution in [0, 0.1) is 5.92 Å². The van der Waals surface area contributed by atoms with Crippen LogP contribution in [0.1, 0.15) is 22.5 Å². The highest BCUT2D eigenvalue weighted by Crippen LogP contribution is 2.21. The Morgan fingerprint density at radius 2 is 2.27 bits per heavy atom. The molecule has 0 radical (unpaired) electrons. The zero-order valence-corrected chi connectivity index (χ0v) is 12.8. The topological polar surface area (TPSA) is 47.4 Å². The van der Waals surface area contributed by atoms with E-state index in [1.165, 1.54) is 5.69 Å². The zero-order valence-electron chi connectivity index (χ0n) is 12.8. The fourth-order valence-corrected chi connectivity index (χ4v) is 2.97. The number of nitrogens with zero attached hydrogens (tertiary/aromatic N) is 3. The number of carbonyl (C=O) groups excluding carboxylic acids is 1. The summed E-state index contributed by atoms with van der Waals surface area (Å²) in [5, 5.41) is 0. The van der Waals surface area contributed by atoms with Crippen LogP contribution in [0.25, 0.3) is 0 Å². The van der Waals surface area contributed by atoms with Gasteiger partial charge in [0.25, 0.3) is 5.91 Å². The number of carbonyl (C=O) groups is 1. The fourth-order valence-electron chi connectivity index (χ4n) is 2.97. The first-order chi connectivity index (χ1) is 10.8. The summed E-state index contributed by atoms with van der Waals surface area (Å²) in [6.45, 7) is 3.04. The van der Waals surface area contributed by atoms with E-state index in [0.717, 1.165) is 26.1 Å². The minimum atomic E-state index is 0.0465. The average molecular weight is 299 g/mol. The molecule has 0 bridgehead atoms. The quantitative estimate of drug-likeness (QED) is 0.869. The summed E-state index contributed by atoms with van der Waals surface area (Å²) >= 11 is 0. The molecule has 22 heavy (non-hydrogen) atoms. The van der Waals surface area contributed by atoms with Gasteiger partial charge in [0.05, 0.1) is 12.1 Å². The van der Waals surface area contributed by atoms with Crippen molar-refractivity contribution in [1.82, 2.24) is 14.5 Å². The maximum atomic E-state index is 12.7. The first kappa shape index (κ1) is 14.8. The Labute approximate surface area is 130 Å². The minimum Gasteiger partial charge on any atom is -0.385 e. The molecule has 1 atom stereocenters. The van der Waals surface area contributed by atoms with Crippen LogP contribution in [-0.2, 0) is 17.8 Å². The third-order valence-electron chi connectivity index (χ3n) is 4.14. The molecule has 0 aromatic carbocycles.